The van der Waals surface area contributed by atoms with E-state index in [1.54, 1.807) is 0 Å². The van der Waals surface area contributed by atoms with Crippen LogP contribution in [0.3, 0.4) is 0 Å². The van der Waals surface area contributed by atoms with E-state index in [9.17, 15) is 9.59 Å². The lowest BCUT2D eigenvalue weighted by atomic mass is 9.77. The van der Waals surface area contributed by atoms with Crippen LogP contribution in [0.5, 0.6) is 0 Å². The summed E-state index contributed by atoms with van der Waals surface area (Å²) >= 11 is 7.02. The quantitative estimate of drug-likeness (QED) is 0.254. The summed E-state index contributed by atoms with van der Waals surface area (Å²) in [5.41, 5.74) is 11.4. The van der Waals surface area contributed by atoms with Gasteiger partial charge in [-0.1, -0.05) is 19.3 Å². The van der Waals surface area contributed by atoms with Crippen molar-refractivity contribution >= 4 is 29.3 Å². The zero-order valence-corrected chi connectivity index (χ0v) is 20.6. The van der Waals surface area contributed by atoms with E-state index < -0.39 is 0 Å². The topological polar surface area (TPSA) is 125 Å². The van der Waals surface area contributed by atoms with Gasteiger partial charge in [-0.3, -0.25) is 19.9 Å². The number of amidine groups is 1. The van der Waals surface area contributed by atoms with Gasteiger partial charge in [-0.2, -0.15) is 0 Å². The van der Waals surface area contributed by atoms with Crippen LogP contribution in [0.15, 0.2) is 0 Å². The number of hydrogen-bond acceptors (Lipinski definition) is 4. The zero-order chi connectivity index (χ0) is 23.5. The van der Waals surface area contributed by atoms with Crippen LogP contribution in [0.2, 0.25) is 0 Å². The van der Waals surface area contributed by atoms with Gasteiger partial charge in [0, 0.05) is 31.0 Å². The molecule has 0 aromatic carbocycles. The number of rotatable bonds is 7. The van der Waals surface area contributed by atoms with Gasteiger partial charge in [-0.15, -0.1) is 11.6 Å². The van der Waals surface area contributed by atoms with Gasteiger partial charge in [0.1, 0.15) is 6.04 Å². The predicted octanol–water partition coefficient (Wildman–Crippen LogP) is 2.99. The molecule has 0 aromatic rings. The van der Waals surface area contributed by atoms with E-state index >= 15 is 0 Å². The monoisotopic (exact) mass is 479 g/mol. The molecule has 7 nitrogen and oxygen atoms in total. The van der Waals surface area contributed by atoms with E-state index in [0.29, 0.717) is 11.8 Å². The third-order valence-corrected chi connectivity index (χ3v) is 9.64. The number of amides is 2. The fraction of sp³-hybridized carbons (Fsp3) is 0.880. The van der Waals surface area contributed by atoms with E-state index in [-0.39, 0.29) is 52.9 Å². The Bertz CT molecular complexity index is 720. The number of alkyl halides is 1. The largest absolute Gasteiger partial charge is 0.387 e. The number of nitrogens with one attached hydrogen (secondary N) is 2. The molecule has 5 unspecified atom stereocenters. The molecule has 0 spiro atoms. The maximum Gasteiger partial charge on any atom is 0.238 e. The molecule has 4 rings (SSSR count). The molecule has 3 aliphatic carbocycles. The molecule has 4 aliphatic rings. The van der Waals surface area contributed by atoms with Gasteiger partial charge in [0.05, 0.1) is 11.2 Å². The SMILES string of the molecule is N=C(N)C1CCC2C(Cl)C(C(=O)NCC3CCCCC3)N(CC3CCC(C(N)=O)CC3)C2C1. The highest BCUT2D eigenvalue weighted by Gasteiger charge is 2.53. The fourth-order valence-corrected chi connectivity index (χ4v) is 7.59. The number of carbonyl (C=O) groups excluding carboxylic acids is 2. The second kappa shape index (κ2) is 10.9. The van der Waals surface area contributed by atoms with E-state index in [1.807, 2.05) is 0 Å². The van der Waals surface area contributed by atoms with Crippen LogP contribution in [0, 0.1) is 35.0 Å². The van der Waals surface area contributed by atoms with Gasteiger partial charge < -0.3 is 16.8 Å². The molecule has 33 heavy (non-hydrogen) atoms. The third-order valence-electron chi connectivity index (χ3n) is 9.08. The number of primary amides is 1. The van der Waals surface area contributed by atoms with Gasteiger partial charge in [-0.25, -0.2) is 0 Å². The second-order valence-electron chi connectivity index (χ2n) is 11.2. The van der Waals surface area contributed by atoms with Gasteiger partial charge in [-0.05, 0) is 75.5 Å². The molecule has 186 valence electrons. The van der Waals surface area contributed by atoms with E-state index in [2.05, 4.69) is 10.2 Å². The standard InChI is InChI=1S/C25H42ClN5O2/c26-21-19-11-10-18(23(27)28)12-20(19)31(14-16-6-8-17(9-7-16)24(29)32)22(21)25(33)30-13-15-4-2-1-3-5-15/h15-22H,1-14H2,(H3,27,28)(H2,29,32)(H,30,33). The summed E-state index contributed by atoms with van der Waals surface area (Å²) in [6.45, 7) is 1.57. The summed E-state index contributed by atoms with van der Waals surface area (Å²) in [5.74, 6) is 1.48. The first kappa shape index (κ1) is 24.8. The van der Waals surface area contributed by atoms with Crippen molar-refractivity contribution in [1.29, 1.82) is 5.41 Å². The number of halogens is 1. The second-order valence-corrected chi connectivity index (χ2v) is 11.7. The van der Waals surface area contributed by atoms with Gasteiger partial charge in [0.15, 0.2) is 0 Å². The van der Waals surface area contributed by atoms with Crippen molar-refractivity contribution in [3.05, 3.63) is 0 Å². The lowest BCUT2D eigenvalue weighted by Gasteiger charge is -2.39. The lowest BCUT2D eigenvalue weighted by Crippen LogP contribution is -2.51. The van der Waals surface area contributed by atoms with Gasteiger partial charge in [0.25, 0.3) is 0 Å². The molecule has 1 saturated heterocycles. The molecule has 1 heterocycles. The summed E-state index contributed by atoms with van der Waals surface area (Å²) in [4.78, 5) is 27.4. The van der Waals surface area contributed by atoms with Gasteiger partial charge in [0.2, 0.25) is 11.8 Å². The van der Waals surface area contributed by atoms with Crippen molar-refractivity contribution in [2.75, 3.05) is 13.1 Å². The Morgan fingerprint density at radius 2 is 1.58 bits per heavy atom. The molecular weight excluding hydrogens is 438 g/mol. The number of fused-ring (bicyclic) bond motifs is 1. The first-order chi connectivity index (χ1) is 15.8. The van der Waals surface area contributed by atoms with Crippen LogP contribution in [-0.4, -0.2) is 53.1 Å². The number of carbonyl (C=O) groups is 2. The molecule has 1 aliphatic heterocycles. The molecule has 0 radical (unpaired) electrons. The normalized spacial score (nSPS) is 37.9. The average Bonchev–Trinajstić information content (AvgIpc) is 3.09. The van der Waals surface area contributed by atoms with Crippen LogP contribution in [0.1, 0.15) is 77.0 Å². The summed E-state index contributed by atoms with van der Waals surface area (Å²) in [7, 11) is 0. The summed E-state index contributed by atoms with van der Waals surface area (Å²) < 4.78 is 0. The Balaban J connectivity index is 1.45. The number of nitrogens with zero attached hydrogens (tertiary/aromatic N) is 1. The molecule has 4 fully saturated rings. The Morgan fingerprint density at radius 3 is 2.21 bits per heavy atom. The van der Waals surface area contributed by atoms with Crippen molar-refractivity contribution in [3.63, 3.8) is 0 Å². The number of nitrogens with two attached hydrogens (primary N) is 2. The highest BCUT2D eigenvalue weighted by Crippen LogP contribution is 2.45. The lowest BCUT2D eigenvalue weighted by molar-refractivity contribution is -0.126. The number of hydrogen-bond donors (Lipinski definition) is 4. The zero-order valence-electron chi connectivity index (χ0n) is 19.8. The Labute approximate surface area is 203 Å². The average molecular weight is 480 g/mol. The Kier molecular flexibility index (Phi) is 8.21. The minimum absolute atomic E-state index is 0.0142. The van der Waals surface area contributed by atoms with Crippen molar-refractivity contribution in [2.45, 2.75) is 94.5 Å². The molecule has 8 heteroatoms. The Hall–Kier alpha value is -1.34. The van der Waals surface area contributed by atoms with Crippen LogP contribution in [-0.2, 0) is 9.59 Å². The summed E-state index contributed by atoms with van der Waals surface area (Å²) in [5, 5.41) is 11.0. The highest BCUT2D eigenvalue weighted by atomic mass is 35.5. The molecule has 0 bridgehead atoms. The first-order valence-electron chi connectivity index (χ1n) is 13.2. The highest BCUT2D eigenvalue weighted by molar-refractivity contribution is 6.23. The van der Waals surface area contributed by atoms with Crippen molar-refractivity contribution < 1.29 is 9.59 Å². The summed E-state index contributed by atoms with van der Waals surface area (Å²) in [6, 6.07) is -0.140. The first-order valence-corrected chi connectivity index (χ1v) is 13.6. The molecule has 2 amide bonds. The van der Waals surface area contributed by atoms with Crippen LogP contribution >= 0.6 is 11.6 Å². The van der Waals surface area contributed by atoms with E-state index in [1.165, 1.54) is 32.1 Å². The predicted molar refractivity (Wildman–Crippen MR) is 131 cm³/mol. The molecular formula is C25H42ClN5O2. The van der Waals surface area contributed by atoms with Crippen molar-refractivity contribution in [2.24, 2.45) is 41.1 Å². The maximum absolute atomic E-state index is 13.5. The van der Waals surface area contributed by atoms with E-state index in [4.69, 9.17) is 28.5 Å². The molecule has 0 aromatic heterocycles. The maximum atomic E-state index is 13.5. The molecule has 3 saturated carbocycles. The minimum atomic E-state index is -0.329. The number of likely N-dealkylation sites (tertiary alicyclic amines) is 1. The Morgan fingerprint density at radius 1 is 0.909 bits per heavy atom. The third kappa shape index (κ3) is 5.67. The van der Waals surface area contributed by atoms with Crippen LogP contribution in [0.25, 0.3) is 0 Å². The smallest absolute Gasteiger partial charge is 0.238 e. The van der Waals surface area contributed by atoms with E-state index in [0.717, 1.165) is 58.0 Å². The van der Waals surface area contributed by atoms with Crippen molar-refractivity contribution in [1.82, 2.24) is 10.2 Å². The summed E-state index contributed by atoms with van der Waals surface area (Å²) in [6.07, 6.45) is 12.4. The van der Waals surface area contributed by atoms with Crippen LogP contribution < -0.4 is 16.8 Å². The fourth-order valence-electron chi connectivity index (χ4n) is 7.04. The van der Waals surface area contributed by atoms with Crippen LogP contribution in [0.4, 0.5) is 0 Å². The molecule has 6 N–H and O–H groups in total. The minimum Gasteiger partial charge on any atom is -0.387 e. The van der Waals surface area contributed by atoms with Crippen molar-refractivity contribution in [3.8, 4) is 0 Å². The molecule has 5 atom stereocenters. The van der Waals surface area contributed by atoms with Gasteiger partial charge >= 0.3 is 0 Å².